The third kappa shape index (κ3) is 17.1. The molecule has 2 N–H and O–H groups in total. The van der Waals surface area contributed by atoms with Gasteiger partial charge in [-0.1, -0.05) is 71.1 Å². The lowest BCUT2D eigenvalue weighted by Gasteiger charge is -2.43. The molecule has 15 heteroatoms. The Morgan fingerprint density at radius 1 is 0.831 bits per heavy atom. The Morgan fingerprint density at radius 3 is 2.24 bits per heavy atom. The SMILES string of the molecule is COCCO[C@@H]1CCC(C[C@@H](C)C2CC(=O)[C@H](C)/C=C(\C)[C@@H](O)[C@@H](OC)C(=O)[C@H](C)C[C@H](C)/C=C/C=C/C=C(\C)[C@H](OC(C)C)C[C@@H]3CC[C@@H](C)[C@@](O)(O3)C(=O)C(=O)N3CCCC[C@H]3C(=O)O2)C[C@H]1OC. The summed E-state index contributed by atoms with van der Waals surface area (Å²) in [5.74, 6) is -7.86. The molecular formula is C56H89NO14. The highest BCUT2D eigenvalue weighted by molar-refractivity contribution is 6.39. The van der Waals surface area contributed by atoms with Gasteiger partial charge in [0.1, 0.15) is 30.1 Å². The number of esters is 1. The van der Waals surface area contributed by atoms with Crippen LogP contribution in [0.5, 0.6) is 0 Å². The van der Waals surface area contributed by atoms with Crippen LogP contribution in [0.3, 0.4) is 0 Å². The average Bonchev–Trinajstić information content (AvgIpc) is 3.33. The van der Waals surface area contributed by atoms with Gasteiger partial charge in [0.15, 0.2) is 5.78 Å². The number of nitrogens with zero attached hydrogens (tertiary/aromatic N) is 1. The van der Waals surface area contributed by atoms with E-state index >= 15 is 0 Å². The molecule has 4 aliphatic rings. The molecule has 402 valence electrons. The zero-order chi connectivity index (χ0) is 52.6. The van der Waals surface area contributed by atoms with Gasteiger partial charge in [-0.3, -0.25) is 19.2 Å². The molecule has 3 heterocycles. The molecule has 2 saturated heterocycles. The lowest BCUT2D eigenvalue weighted by molar-refractivity contribution is -0.266. The number of piperidine rings is 1. The van der Waals surface area contributed by atoms with Crippen LogP contribution < -0.4 is 0 Å². The summed E-state index contributed by atoms with van der Waals surface area (Å²) in [6.07, 6.45) is 12.3. The van der Waals surface area contributed by atoms with E-state index in [-0.39, 0.29) is 67.0 Å². The van der Waals surface area contributed by atoms with E-state index in [1.165, 1.54) is 12.0 Å². The first-order chi connectivity index (χ1) is 33.6. The number of rotatable bonds is 11. The Morgan fingerprint density at radius 2 is 1.56 bits per heavy atom. The summed E-state index contributed by atoms with van der Waals surface area (Å²) < 4.78 is 41.7. The largest absolute Gasteiger partial charge is 0.460 e. The minimum atomic E-state index is -2.44. The van der Waals surface area contributed by atoms with Gasteiger partial charge in [0.2, 0.25) is 5.79 Å². The smallest absolute Gasteiger partial charge is 0.329 e. The predicted molar refractivity (Wildman–Crippen MR) is 270 cm³/mol. The van der Waals surface area contributed by atoms with Gasteiger partial charge in [-0.25, -0.2) is 4.79 Å². The standard InChI is InChI=1S/C56H89NO14/c1-34(2)69-47-32-43-23-21-41(9)56(64,71-43)53(61)54(62)57-25-17-16-20-44(57)55(63)70-48(38(6)30-42-22-24-46(49(31-42)66-11)68-27-26-65-10)33-45(58)37(5)29-40(8)51(60)52(67-12)50(59)39(7)28-35(3)18-14-13-15-19-36(47)4/h13-15,18-19,29,34-35,37-39,41-44,46-49,51-52,60,64H,16-17,20-28,30-33H2,1-12H3/b15-13+,18-14+,36-19+,40-29+/t35-,37-,38-,39-,41-,42?,43+,44+,46-,47-,48?,49-,51-,52+,56-/m1/s1. The Bertz CT molecular complexity index is 1880. The molecule has 0 radical (unpaired) electrons. The van der Waals surface area contributed by atoms with Crippen LogP contribution in [0, 0.1) is 35.5 Å². The number of cyclic esters (lactones) is 1. The zero-order valence-corrected chi connectivity index (χ0v) is 45.0. The number of aliphatic hydroxyl groups is 2. The molecule has 15 atom stereocenters. The van der Waals surface area contributed by atoms with Crippen LogP contribution >= 0.6 is 0 Å². The maximum atomic E-state index is 14.5. The number of amides is 1. The minimum absolute atomic E-state index is 0.0154. The Kier molecular flexibility index (Phi) is 24.5. The number of aliphatic hydroxyl groups excluding tert-OH is 1. The van der Waals surface area contributed by atoms with Crippen molar-refractivity contribution in [2.24, 2.45) is 35.5 Å². The fourth-order valence-corrected chi connectivity index (χ4v) is 10.8. The van der Waals surface area contributed by atoms with Crippen LogP contribution in [0.15, 0.2) is 47.6 Å². The summed E-state index contributed by atoms with van der Waals surface area (Å²) in [5.41, 5.74) is 1.29. The van der Waals surface area contributed by atoms with Crippen molar-refractivity contribution in [1.29, 1.82) is 0 Å². The first kappa shape index (κ1) is 60.1. The summed E-state index contributed by atoms with van der Waals surface area (Å²) in [7, 11) is 4.68. The van der Waals surface area contributed by atoms with Crippen molar-refractivity contribution in [2.45, 2.75) is 200 Å². The molecule has 1 aliphatic carbocycles. The van der Waals surface area contributed by atoms with Crippen LogP contribution in [0.4, 0.5) is 0 Å². The zero-order valence-electron chi connectivity index (χ0n) is 45.0. The van der Waals surface area contributed by atoms with Crippen LogP contribution in [0.2, 0.25) is 0 Å². The molecular weight excluding hydrogens is 911 g/mol. The van der Waals surface area contributed by atoms with E-state index in [1.807, 2.05) is 71.9 Å². The fraction of sp³-hybridized carbons (Fsp3) is 0.768. The molecule has 1 amide bonds. The van der Waals surface area contributed by atoms with Gasteiger partial charge >= 0.3 is 5.97 Å². The molecule has 0 aromatic heterocycles. The van der Waals surface area contributed by atoms with Gasteiger partial charge in [-0.15, -0.1) is 0 Å². The highest BCUT2D eigenvalue weighted by atomic mass is 16.6. The molecule has 15 nitrogen and oxygen atoms in total. The second-order valence-electron chi connectivity index (χ2n) is 21.4. The third-order valence-corrected chi connectivity index (χ3v) is 15.2. The number of Topliss-reactive ketones (excluding diaryl/α,β-unsaturated/α-hetero) is 3. The number of fused-ring (bicyclic) bond motifs is 3. The number of hydrogen-bond acceptors (Lipinski definition) is 14. The average molecular weight is 1000 g/mol. The highest BCUT2D eigenvalue weighted by Gasteiger charge is 2.53. The second kappa shape index (κ2) is 28.9. The van der Waals surface area contributed by atoms with Crippen LogP contribution in [0.25, 0.3) is 0 Å². The first-order valence-electron chi connectivity index (χ1n) is 26.4. The van der Waals surface area contributed by atoms with E-state index in [4.69, 9.17) is 33.2 Å². The quantitative estimate of drug-likeness (QED) is 0.0888. The summed E-state index contributed by atoms with van der Waals surface area (Å²) >= 11 is 0. The Balaban J connectivity index is 1.71. The van der Waals surface area contributed by atoms with Gasteiger partial charge in [-0.2, -0.15) is 0 Å². The van der Waals surface area contributed by atoms with Crippen molar-refractivity contribution in [3.8, 4) is 0 Å². The monoisotopic (exact) mass is 1000 g/mol. The van der Waals surface area contributed by atoms with Crippen molar-refractivity contribution in [3.63, 3.8) is 0 Å². The summed E-state index contributed by atoms with van der Waals surface area (Å²) in [4.78, 5) is 72.6. The van der Waals surface area contributed by atoms with Crippen molar-refractivity contribution in [1.82, 2.24) is 4.90 Å². The van der Waals surface area contributed by atoms with Crippen molar-refractivity contribution < 1.29 is 67.3 Å². The molecule has 4 rings (SSSR count). The number of hydrogen-bond donors (Lipinski definition) is 2. The highest BCUT2D eigenvalue weighted by Crippen LogP contribution is 2.38. The molecule has 1 saturated carbocycles. The summed E-state index contributed by atoms with van der Waals surface area (Å²) in [6, 6.07) is -1.14. The van der Waals surface area contributed by atoms with E-state index in [0.29, 0.717) is 70.2 Å². The van der Waals surface area contributed by atoms with Gasteiger partial charge in [0.25, 0.3) is 11.7 Å². The van der Waals surface area contributed by atoms with Crippen LogP contribution in [0.1, 0.15) is 139 Å². The van der Waals surface area contributed by atoms with E-state index in [1.54, 1.807) is 41.1 Å². The number of carbonyl (C=O) groups excluding carboxylic acids is 5. The number of methoxy groups -OCH3 is 3. The number of ketones is 3. The Labute approximate surface area is 424 Å². The topological polar surface area (TPSA) is 194 Å². The maximum absolute atomic E-state index is 14.5. The molecule has 0 aromatic rings. The Hall–Kier alpha value is -3.41. The summed E-state index contributed by atoms with van der Waals surface area (Å²) in [5, 5.41) is 23.6. The number of allylic oxidation sites excluding steroid dienone is 6. The lowest BCUT2D eigenvalue weighted by atomic mass is 9.78. The normalized spacial score (nSPS) is 38.1. The molecule has 0 aromatic carbocycles. The molecule has 0 spiro atoms. The van der Waals surface area contributed by atoms with E-state index in [2.05, 4.69) is 0 Å². The van der Waals surface area contributed by atoms with Crippen LogP contribution in [-0.4, -0.2) is 146 Å². The van der Waals surface area contributed by atoms with Gasteiger partial charge in [-0.05, 0) is 121 Å². The first-order valence-corrected chi connectivity index (χ1v) is 26.4. The molecule has 3 fully saturated rings. The number of carbonyl (C=O) groups is 5. The molecule has 2 unspecified atom stereocenters. The predicted octanol–water partition coefficient (Wildman–Crippen LogP) is 7.63. The lowest BCUT2D eigenvalue weighted by Crippen LogP contribution is -2.61. The van der Waals surface area contributed by atoms with Crippen molar-refractivity contribution >= 4 is 29.2 Å². The van der Waals surface area contributed by atoms with Gasteiger partial charge < -0.3 is 48.3 Å². The van der Waals surface area contributed by atoms with Crippen molar-refractivity contribution in [2.75, 3.05) is 41.1 Å². The third-order valence-electron chi connectivity index (χ3n) is 15.2. The minimum Gasteiger partial charge on any atom is -0.460 e. The molecule has 71 heavy (non-hydrogen) atoms. The van der Waals surface area contributed by atoms with E-state index < -0.39 is 77.8 Å². The van der Waals surface area contributed by atoms with Gasteiger partial charge in [0, 0.05) is 58.5 Å². The molecule has 2 bridgehead atoms. The molecule has 3 aliphatic heterocycles. The maximum Gasteiger partial charge on any atom is 0.329 e. The van der Waals surface area contributed by atoms with E-state index in [9.17, 15) is 34.2 Å². The van der Waals surface area contributed by atoms with Crippen molar-refractivity contribution in [3.05, 3.63) is 47.6 Å². The fourth-order valence-electron chi connectivity index (χ4n) is 10.8. The summed E-state index contributed by atoms with van der Waals surface area (Å²) in [6.45, 7) is 17.7. The second-order valence-corrected chi connectivity index (χ2v) is 21.4. The number of ether oxygens (including phenoxy) is 7. The van der Waals surface area contributed by atoms with Gasteiger partial charge in [0.05, 0.1) is 43.7 Å². The van der Waals surface area contributed by atoms with Crippen LogP contribution in [-0.2, 0) is 57.1 Å². The van der Waals surface area contributed by atoms with E-state index in [0.717, 1.165) is 18.4 Å².